The van der Waals surface area contributed by atoms with Gasteiger partial charge in [-0.2, -0.15) is 0 Å². The molecule has 0 radical (unpaired) electrons. The van der Waals surface area contributed by atoms with E-state index in [1.54, 1.807) is 0 Å². The summed E-state index contributed by atoms with van der Waals surface area (Å²) in [6.07, 6.45) is 5.21. The molecule has 210 valence electrons. The van der Waals surface area contributed by atoms with Crippen LogP contribution in [0.3, 0.4) is 0 Å². The van der Waals surface area contributed by atoms with Gasteiger partial charge in [-0.15, -0.1) is 0 Å². The predicted molar refractivity (Wildman–Crippen MR) is 165 cm³/mol. The van der Waals surface area contributed by atoms with E-state index >= 15 is 0 Å². The van der Waals surface area contributed by atoms with Gasteiger partial charge in [0.15, 0.2) is 0 Å². The number of nitrogens with one attached hydrogen (secondary N) is 1. The van der Waals surface area contributed by atoms with Crippen molar-refractivity contribution in [3.05, 3.63) is 118 Å². The van der Waals surface area contributed by atoms with Gasteiger partial charge in [0.05, 0.1) is 24.1 Å². The van der Waals surface area contributed by atoms with Crippen molar-refractivity contribution < 1.29 is 9.90 Å². The van der Waals surface area contributed by atoms with E-state index in [1.165, 1.54) is 33.3 Å². The number of amides is 1. The van der Waals surface area contributed by atoms with Gasteiger partial charge in [-0.1, -0.05) is 85.6 Å². The number of carbonyl (C=O) groups is 1. The second-order valence-electron chi connectivity index (χ2n) is 11.7. The van der Waals surface area contributed by atoms with Crippen LogP contribution in [0.25, 0.3) is 16.6 Å². The third-order valence-electron chi connectivity index (χ3n) is 9.22. The zero-order valence-corrected chi connectivity index (χ0v) is 24.2. The molecule has 0 spiro atoms. The molecule has 1 saturated carbocycles. The number of rotatable bonds is 8. The monoisotopic (exact) mass is 545 g/mol. The molecule has 1 amide bonds. The molecule has 5 aromatic rings. The van der Waals surface area contributed by atoms with Crippen molar-refractivity contribution in [3.8, 4) is 0 Å². The molecule has 1 aliphatic rings. The maximum atomic E-state index is 13.8. The Labute approximate surface area is 242 Å². The minimum Gasteiger partial charge on any atom is -0.394 e. The highest BCUT2D eigenvalue weighted by Gasteiger charge is 2.33. The molecule has 0 bridgehead atoms. The summed E-state index contributed by atoms with van der Waals surface area (Å²) in [6, 6.07) is 26.5. The molecule has 6 rings (SSSR count). The third kappa shape index (κ3) is 5.15. The van der Waals surface area contributed by atoms with Gasteiger partial charge in [0.25, 0.3) is 0 Å². The molecule has 0 aliphatic heterocycles. The molecular weight excluding hydrogens is 506 g/mol. The Balaban J connectivity index is 1.31. The standard InChI is InChI=1S/C36H39N3O2/c1-23-24(2)37-35-31(30-15-9-10-16-33(30)39(35)25(23)3)21-26-17-19-29(20-18-26)34(28-13-7-8-14-28)36(41)38-32(22-40)27-11-5-4-6-12-27/h4-6,9-12,15-20,28,32,34,40H,7-8,13-14,21-22H2,1-3H3,(H,38,41). The van der Waals surface area contributed by atoms with E-state index in [0.717, 1.165) is 54.6 Å². The van der Waals surface area contributed by atoms with E-state index in [-0.39, 0.29) is 18.4 Å². The first-order valence-corrected chi connectivity index (χ1v) is 14.9. The Morgan fingerprint density at radius 3 is 2.32 bits per heavy atom. The van der Waals surface area contributed by atoms with Crippen molar-refractivity contribution >= 4 is 22.5 Å². The van der Waals surface area contributed by atoms with Crippen LogP contribution in [0, 0.1) is 26.7 Å². The summed E-state index contributed by atoms with van der Waals surface area (Å²) in [7, 11) is 0. The lowest BCUT2D eigenvalue weighted by Gasteiger charge is -2.26. The minimum absolute atomic E-state index is 0.00231. The van der Waals surface area contributed by atoms with Crippen molar-refractivity contribution in [3.63, 3.8) is 0 Å². The number of carbonyl (C=O) groups excluding carboxylic acids is 1. The summed E-state index contributed by atoms with van der Waals surface area (Å²) in [5.41, 5.74) is 10.1. The molecule has 5 heteroatoms. The fourth-order valence-electron chi connectivity index (χ4n) is 6.75. The first-order valence-electron chi connectivity index (χ1n) is 14.9. The van der Waals surface area contributed by atoms with Crippen molar-refractivity contribution in [1.82, 2.24) is 14.7 Å². The van der Waals surface area contributed by atoms with Crippen LogP contribution < -0.4 is 5.32 Å². The maximum absolute atomic E-state index is 13.8. The highest BCUT2D eigenvalue weighted by Crippen LogP contribution is 2.38. The lowest BCUT2D eigenvalue weighted by Crippen LogP contribution is -2.37. The zero-order chi connectivity index (χ0) is 28.5. The molecule has 1 fully saturated rings. The zero-order valence-electron chi connectivity index (χ0n) is 24.2. The summed E-state index contributed by atoms with van der Waals surface area (Å²) >= 11 is 0. The van der Waals surface area contributed by atoms with E-state index < -0.39 is 6.04 Å². The van der Waals surface area contributed by atoms with Gasteiger partial charge in [-0.25, -0.2) is 4.98 Å². The van der Waals surface area contributed by atoms with E-state index in [4.69, 9.17) is 4.98 Å². The Kier molecular flexibility index (Phi) is 7.63. The lowest BCUT2D eigenvalue weighted by atomic mass is 9.83. The third-order valence-corrected chi connectivity index (χ3v) is 9.22. The topological polar surface area (TPSA) is 66.6 Å². The Bertz CT molecular complexity index is 1680. The fourth-order valence-corrected chi connectivity index (χ4v) is 6.75. The van der Waals surface area contributed by atoms with Crippen LogP contribution in [0.1, 0.15) is 76.8 Å². The van der Waals surface area contributed by atoms with Crippen LogP contribution in [0.5, 0.6) is 0 Å². The molecule has 1 aliphatic carbocycles. The minimum atomic E-state index is -0.411. The molecule has 0 saturated heterocycles. The van der Waals surface area contributed by atoms with Crippen molar-refractivity contribution in [1.29, 1.82) is 0 Å². The maximum Gasteiger partial charge on any atom is 0.228 e. The summed E-state index contributed by atoms with van der Waals surface area (Å²) < 4.78 is 2.30. The smallest absolute Gasteiger partial charge is 0.228 e. The van der Waals surface area contributed by atoms with Gasteiger partial charge in [-0.3, -0.25) is 9.20 Å². The number of aryl methyl sites for hydroxylation is 2. The fraction of sp³-hybridized carbons (Fsp3) is 0.333. The van der Waals surface area contributed by atoms with Crippen molar-refractivity contribution in [2.75, 3.05) is 6.61 Å². The second-order valence-corrected chi connectivity index (χ2v) is 11.7. The molecule has 2 N–H and O–H groups in total. The SMILES string of the molecule is Cc1nc2c(Cc3ccc(C(C(=O)NC(CO)c4ccccc4)C4CCCC4)cc3)c3ccccc3n2c(C)c1C. The Morgan fingerprint density at radius 2 is 1.61 bits per heavy atom. The van der Waals surface area contributed by atoms with Gasteiger partial charge in [0, 0.05) is 28.8 Å². The number of aromatic nitrogens is 2. The van der Waals surface area contributed by atoms with Gasteiger partial charge in [0.2, 0.25) is 5.91 Å². The Morgan fingerprint density at radius 1 is 0.927 bits per heavy atom. The first kappa shape index (κ1) is 27.2. The molecule has 5 nitrogen and oxygen atoms in total. The average Bonchev–Trinajstić information content (AvgIpc) is 3.63. The summed E-state index contributed by atoms with van der Waals surface area (Å²) in [4.78, 5) is 18.8. The summed E-state index contributed by atoms with van der Waals surface area (Å²) in [5, 5.41) is 14.5. The van der Waals surface area contributed by atoms with Gasteiger partial charge < -0.3 is 10.4 Å². The highest BCUT2D eigenvalue weighted by molar-refractivity contribution is 5.92. The predicted octanol–water partition coefficient (Wildman–Crippen LogP) is 7.13. The van der Waals surface area contributed by atoms with Crippen LogP contribution >= 0.6 is 0 Å². The quantitative estimate of drug-likeness (QED) is 0.218. The van der Waals surface area contributed by atoms with Crippen LogP contribution in [-0.2, 0) is 11.2 Å². The summed E-state index contributed by atoms with van der Waals surface area (Å²) in [5.74, 6) is 0.0895. The lowest BCUT2D eigenvalue weighted by molar-refractivity contribution is -0.124. The largest absolute Gasteiger partial charge is 0.394 e. The highest BCUT2D eigenvalue weighted by atomic mass is 16.3. The number of hydrogen-bond donors (Lipinski definition) is 2. The van der Waals surface area contributed by atoms with Crippen molar-refractivity contribution in [2.45, 2.75) is 64.8 Å². The number of nitrogens with zero attached hydrogens (tertiary/aromatic N) is 2. The molecule has 2 atom stereocenters. The molecule has 2 unspecified atom stereocenters. The van der Waals surface area contributed by atoms with Crippen LogP contribution in [-0.4, -0.2) is 27.0 Å². The Hall–Kier alpha value is -3.96. The molecule has 3 aromatic carbocycles. The number of fused-ring (bicyclic) bond motifs is 3. The van der Waals surface area contributed by atoms with Gasteiger partial charge in [0.1, 0.15) is 5.65 Å². The molecular formula is C36H39N3O2. The van der Waals surface area contributed by atoms with Crippen molar-refractivity contribution in [2.24, 2.45) is 5.92 Å². The van der Waals surface area contributed by atoms with E-state index in [0.29, 0.717) is 5.92 Å². The number of hydrogen-bond acceptors (Lipinski definition) is 3. The molecule has 41 heavy (non-hydrogen) atoms. The molecule has 2 heterocycles. The van der Waals surface area contributed by atoms with Gasteiger partial charge >= 0.3 is 0 Å². The normalized spacial score (nSPS) is 15.4. The van der Waals surface area contributed by atoms with E-state index in [1.807, 2.05) is 30.3 Å². The summed E-state index contributed by atoms with van der Waals surface area (Å²) in [6.45, 7) is 6.28. The first-order chi connectivity index (χ1) is 20.0. The number of benzene rings is 3. The van der Waals surface area contributed by atoms with Crippen LogP contribution in [0.2, 0.25) is 0 Å². The van der Waals surface area contributed by atoms with E-state index in [9.17, 15) is 9.90 Å². The second kappa shape index (κ2) is 11.5. The number of para-hydroxylation sites is 1. The number of aliphatic hydroxyl groups excluding tert-OH is 1. The average molecular weight is 546 g/mol. The van der Waals surface area contributed by atoms with Crippen LogP contribution in [0.4, 0.5) is 0 Å². The molecule has 2 aromatic heterocycles. The van der Waals surface area contributed by atoms with E-state index in [2.05, 4.69) is 79.0 Å². The number of aliphatic hydroxyl groups is 1. The van der Waals surface area contributed by atoms with Crippen LogP contribution in [0.15, 0.2) is 78.9 Å². The van der Waals surface area contributed by atoms with Gasteiger partial charge in [-0.05, 0) is 67.9 Å².